The fraction of sp³-hybridized carbons (Fsp3) is 0.435. The zero-order valence-corrected chi connectivity index (χ0v) is 19.5. The van der Waals surface area contributed by atoms with Gasteiger partial charge in [-0.2, -0.15) is 0 Å². The lowest BCUT2D eigenvalue weighted by molar-refractivity contribution is -0.314. The fourth-order valence-electron chi connectivity index (χ4n) is 4.96. The topological polar surface area (TPSA) is 95.5 Å². The normalized spacial score (nSPS) is 24.2. The number of carboxylic acid groups (broad SMARTS) is 1. The summed E-state index contributed by atoms with van der Waals surface area (Å²) in [7, 11) is 0. The average Bonchev–Trinajstić information content (AvgIpc) is 3.47. The van der Waals surface area contributed by atoms with Crippen molar-refractivity contribution in [3.8, 4) is 11.1 Å². The molecule has 2 aliphatic rings. The van der Waals surface area contributed by atoms with Crippen LogP contribution in [0.4, 0.5) is 5.00 Å². The number of ether oxygens (including phenoxy) is 1. The Kier molecular flexibility index (Phi) is 6.48. The Bertz CT molecular complexity index is 1000. The molecule has 1 aromatic heterocycles. The van der Waals surface area contributed by atoms with E-state index < -0.39 is 23.8 Å². The van der Waals surface area contributed by atoms with Crippen molar-refractivity contribution in [3.05, 3.63) is 39.7 Å². The molecule has 8 heteroatoms. The van der Waals surface area contributed by atoms with Crippen LogP contribution in [0.5, 0.6) is 0 Å². The van der Waals surface area contributed by atoms with Crippen molar-refractivity contribution in [3.63, 3.8) is 0 Å². The fourth-order valence-corrected chi connectivity index (χ4v) is 6.19. The van der Waals surface area contributed by atoms with Gasteiger partial charge in [0.25, 0.3) is 0 Å². The van der Waals surface area contributed by atoms with Gasteiger partial charge < -0.3 is 20.0 Å². The number of hydrogen-bond donors (Lipinski definition) is 1. The zero-order valence-electron chi connectivity index (χ0n) is 17.1. The van der Waals surface area contributed by atoms with Gasteiger partial charge in [0.05, 0.1) is 6.61 Å². The molecule has 1 N–H and O–H groups in total. The highest BCUT2D eigenvalue weighted by molar-refractivity contribution is 9.10. The number of halogens is 1. The summed E-state index contributed by atoms with van der Waals surface area (Å²) >= 11 is 4.66. The maximum atomic E-state index is 13.1. The first kappa shape index (κ1) is 22.0. The molecule has 0 unspecified atom stereocenters. The van der Waals surface area contributed by atoms with Gasteiger partial charge >= 0.3 is 5.97 Å². The highest BCUT2D eigenvalue weighted by atomic mass is 79.9. The molecule has 2 aliphatic carbocycles. The molecule has 164 valence electrons. The molecule has 1 aromatic carbocycles. The standard InChI is InChI=1S/C23H24BrNO5S/c1-2-9-30-23(29)19-16(12-5-7-15(24)8-6-12)11-31-21(19)25-20(26)17-13-3-4-14(10-13)18(17)22(27)28/h5-8,11,13-14,17-18H,2-4,9-10H2,1H3,(H,25,26)(H,27,28)/p-1/t13-,14+,17-,18+/m1/s1. The van der Waals surface area contributed by atoms with E-state index in [9.17, 15) is 19.5 Å². The molecule has 0 aliphatic heterocycles. The Balaban J connectivity index is 1.64. The van der Waals surface area contributed by atoms with E-state index in [1.165, 1.54) is 11.3 Å². The van der Waals surface area contributed by atoms with Crippen LogP contribution in [0.15, 0.2) is 34.1 Å². The number of esters is 1. The summed E-state index contributed by atoms with van der Waals surface area (Å²) in [5.41, 5.74) is 1.82. The van der Waals surface area contributed by atoms with E-state index in [1.54, 1.807) is 0 Å². The van der Waals surface area contributed by atoms with Crippen LogP contribution < -0.4 is 10.4 Å². The lowest BCUT2D eigenvalue weighted by atomic mass is 9.79. The number of benzene rings is 1. The minimum Gasteiger partial charge on any atom is -0.550 e. The lowest BCUT2D eigenvalue weighted by Gasteiger charge is -2.30. The van der Waals surface area contributed by atoms with Crippen LogP contribution in [0.1, 0.15) is 43.0 Å². The Morgan fingerprint density at radius 2 is 1.84 bits per heavy atom. The van der Waals surface area contributed by atoms with Gasteiger partial charge in [-0.05, 0) is 55.2 Å². The minimum absolute atomic E-state index is 0.00130. The molecule has 0 radical (unpaired) electrons. The van der Waals surface area contributed by atoms with Gasteiger partial charge in [0.15, 0.2) is 0 Å². The molecule has 1 heterocycles. The number of nitrogens with one attached hydrogen (secondary N) is 1. The number of amides is 1. The summed E-state index contributed by atoms with van der Waals surface area (Å²) in [5.74, 6) is -3.34. The number of anilines is 1. The molecule has 2 aromatic rings. The van der Waals surface area contributed by atoms with Crippen molar-refractivity contribution in [1.82, 2.24) is 0 Å². The number of aliphatic carboxylic acids is 1. The van der Waals surface area contributed by atoms with Crippen LogP contribution in [0.25, 0.3) is 11.1 Å². The predicted octanol–water partition coefficient (Wildman–Crippen LogP) is 4.10. The summed E-state index contributed by atoms with van der Waals surface area (Å²) in [6.45, 7) is 2.19. The Labute approximate surface area is 193 Å². The molecule has 1 amide bonds. The summed E-state index contributed by atoms with van der Waals surface area (Å²) in [4.78, 5) is 37.7. The van der Waals surface area contributed by atoms with E-state index in [1.807, 2.05) is 36.6 Å². The van der Waals surface area contributed by atoms with E-state index in [-0.39, 0.29) is 24.3 Å². The Hall–Kier alpha value is -2.19. The highest BCUT2D eigenvalue weighted by Crippen LogP contribution is 2.52. The largest absolute Gasteiger partial charge is 0.550 e. The van der Waals surface area contributed by atoms with Crippen molar-refractivity contribution in [2.45, 2.75) is 32.6 Å². The van der Waals surface area contributed by atoms with Crippen molar-refractivity contribution >= 4 is 50.1 Å². The molecule has 0 saturated heterocycles. The van der Waals surface area contributed by atoms with Crippen molar-refractivity contribution in [2.24, 2.45) is 23.7 Å². The number of carbonyl (C=O) groups excluding carboxylic acids is 3. The second-order valence-corrected chi connectivity index (χ2v) is 9.98. The predicted molar refractivity (Wildman–Crippen MR) is 119 cm³/mol. The second-order valence-electron chi connectivity index (χ2n) is 8.19. The quantitative estimate of drug-likeness (QED) is 0.572. The first-order valence-electron chi connectivity index (χ1n) is 10.5. The monoisotopic (exact) mass is 504 g/mol. The Morgan fingerprint density at radius 3 is 2.48 bits per heavy atom. The number of carboxylic acids is 1. The first-order chi connectivity index (χ1) is 14.9. The van der Waals surface area contributed by atoms with Gasteiger partial charge in [-0.1, -0.05) is 35.0 Å². The smallest absolute Gasteiger partial charge is 0.341 e. The van der Waals surface area contributed by atoms with Crippen LogP contribution in [-0.4, -0.2) is 24.5 Å². The van der Waals surface area contributed by atoms with Crippen LogP contribution in [0.2, 0.25) is 0 Å². The molecule has 2 fully saturated rings. The van der Waals surface area contributed by atoms with Gasteiger partial charge in [-0.25, -0.2) is 4.79 Å². The second kappa shape index (κ2) is 9.12. The maximum Gasteiger partial charge on any atom is 0.341 e. The molecule has 2 bridgehead atoms. The SMILES string of the molecule is CCCOC(=O)c1c(-c2ccc(Br)cc2)csc1NC(=O)[C@@H]1[C@@H]2CC[C@@H](C2)[C@@H]1C(=O)[O-]. The van der Waals surface area contributed by atoms with Crippen LogP contribution >= 0.6 is 27.3 Å². The molecule has 31 heavy (non-hydrogen) atoms. The van der Waals surface area contributed by atoms with E-state index in [2.05, 4.69) is 21.2 Å². The van der Waals surface area contributed by atoms with Crippen molar-refractivity contribution in [1.29, 1.82) is 0 Å². The van der Waals surface area contributed by atoms with Crippen molar-refractivity contribution < 1.29 is 24.2 Å². The lowest BCUT2D eigenvalue weighted by Crippen LogP contribution is -2.44. The first-order valence-corrected chi connectivity index (χ1v) is 12.1. The molecule has 6 nitrogen and oxygen atoms in total. The number of hydrogen-bond acceptors (Lipinski definition) is 6. The van der Waals surface area contributed by atoms with Gasteiger partial charge in [-0.3, -0.25) is 4.79 Å². The summed E-state index contributed by atoms with van der Waals surface area (Å²) in [6, 6.07) is 7.53. The summed E-state index contributed by atoms with van der Waals surface area (Å²) < 4.78 is 6.30. The van der Waals surface area contributed by atoms with Gasteiger partial charge in [0.2, 0.25) is 5.91 Å². The number of rotatable bonds is 7. The minimum atomic E-state index is -1.16. The number of thiophene rings is 1. The molecule has 0 spiro atoms. The Morgan fingerprint density at radius 1 is 1.16 bits per heavy atom. The van der Waals surface area contributed by atoms with E-state index >= 15 is 0 Å². The molecular weight excluding hydrogens is 482 g/mol. The third kappa shape index (κ3) is 4.28. The van der Waals surface area contributed by atoms with Crippen LogP contribution in [0.3, 0.4) is 0 Å². The van der Waals surface area contributed by atoms with E-state index in [4.69, 9.17) is 4.74 Å². The maximum absolute atomic E-state index is 13.1. The summed E-state index contributed by atoms with van der Waals surface area (Å²) in [5, 5.41) is 16.8. The van der Waals surface area contributed by atoms with Crippen molar-refractivity contribution in [2.75, 3.05) is 11.9 Å². The third-order valence-electron chi connectivity index (χ3n) is 6.32. The molecule has 2 saturated carbocycles. The van der Waals surface area contributed by atoms with Gasteiger partial charge in [0, 0.05) is 33.2 Å². The van der Waals surface area contributed by atoms with Crippen LogP contribution in [-0.2, 0) is 14.3 Å². The molecule has 4 rings (SSSR count). The summed E-state index contributed by atoms with van der Waals surface area (Å²) in [6.07, 6.45) is 3.11. The average molecular weight is 505 g/mol. The van der Waals surface area contributed by atoms with Gasteiger partial charge in [-0.15, -0.1) is 11.3 Å². The third-order valence-corrected chi connectivity index (χ3v) is 7.74. The zero-order chi connectivity index (χ0) is 22.1. The number of fused-ring (bicyclic) bond motifs is 2. The van der Waals surface area contributed by atoms with E-state index in [0.29, 0.717) is 22.5 Å². The molecule has 4 atom stereocenters. The number of carbonyl (C=O) groups is 3. The highest BCUT2D eigenvalue weighted by Gasteiger charge is 2.51. The van der Waals surface area contributed by atoms with E-state index in [0.717, 1.165) is 29.3 Å². The van der Waals surface area contributed by atoms with Gasteiger partial charge in [0.1, 0.15) is 10.6 Å². The molecular formula is C23H23BrNO5S-. The van der Waals surface area contributed by atoms with Crippen LogP contribution in [0, 0.1) is 23.7 Å².